The van der Waals surface area contributed by atoms with Gasteiger partial charge in [0.2, 0.25) is 0 Å². The van der Waals surface area contributed by atoms with Crippen molar-refractivity contribution in [3.05, 3.63) is 58.1 Å². The molecule has 0 saturated heterocycles. The Morgan fingerprint density at radius 2 is 2.00 bits per heavy atom. The Balaban J connectivity index is 1.98. The molecular formula is C16H16N2O5S. The van der Waals surface area contributed by atoms with Gasteiger partial charge in [-0.15, -0.1) is 0 Å². The minimum absolute atomic E-state index is 0.0767. The highest BCUT2D eigenvalue weighted by Gasteiger charge is 2.25. The average Bonchev–Trinajstić information content (AvgIpc) is 2.54. The van der Waals surface area contributed by atoms with Crippen molar-refractivity contribution < 1.29 is 18.1 Å². The van der Waals surface area contributed by atoms with Gasteiger partial charge in [-0.25, -0.2) is 8.42 Å². The van der Waals surface area contributed by atoms with Crippen LogP contribution >= 0.6 is 0 Å². The normalized spacial score (nSPS) is 16.8. The van der Waals surface area contributed by atoms with E-state index in [-0.39, 0.29) is 22.3 Å². The number of nitrogens with one attached hydrogen (secondary N) is 1. The van der Waals surface area contributed by atoms with Crippen LogP contribution in [0.5, 0.6) is 5.75 Å². The van der Waals surface area contributed by atoms with Crippen molar-refractivity contribution in [1.29, 1.82) is 0 Å². The molecule has 3 rings (SSSR count). The van der Waals surface area contributed by atoms with Gasteiger partial charge in [0, 0.05) is 24.3 Å². The zero-order valence-corrected chi connectivity index (χ0v) is 13.7. The first-order valence-corrected chi connectivity index (χ1v) is 9.22. The fraction of sp³-hybridized carbons (Fsp3) is 0.250. The number of anilines is 1. The first-order valence-electron chi connectivity index (χ1n) is 7.33. The van der Waals surface area contributed by atoms with Crippen LogP contribution in [0.3, 0.4) is 0 Å². The molecule has 1 aliphatic rings. The van der Waals surface area contributed by atoms with E-state index in [1.165, 1.54) is 12.1 Å². The zero-order valence-electron chi connectivity index (χ0n) is 12.9. The summed E-state index contributed by atoms with van der Waals surface area (Å²) in [5.41, 5.74) is 0.946. The van der Waals surface area contributed by atoms with Crippen LogP contribution < -0.4 is 10.1 Å². The summed E-state index contributed by atoms with van der Waals surface area (Å²) in [6.07, 6.45) is 1.68. The number of nitro benzene ring substituents is 1. The summed E-state index contributed by atoms with van der Waals surface area (Å²) >= 11 is 0. The van der Waals surface area contributed by atoms with Gasteiger partial charge < -0.3 is 10.1 Å². The summed E-state index contributed by atoms with van der Waals surface area (Å²) in [5.74, 6) is 0.747. The molecule has 0 radical (unpaired) electrons. The Morgan fingerprint density at radius 1 is 1.25 bits per heavy atom. The van der Waals surface area contributed by atoms with Gasteiger partial charge >= 0.3 is 0 Å². The van der Waals surface area contributed by atoms with Crippen LogP contribution in [0.25, 0.3) is 0 Å². The topological polar surface area (TPSA) is 98.5 Å². The molecule has 0 spiro atoms. The Labute approximate surface area is 139 Å². The molecule has 1 heterocycles. The maximum atomic E-state index is 11.6. The summed E-state index contributed by atoms with van der Waals surface area (Å²) in [6, 6.07) is 11.3. The summed E-state index contributed by atoms with van der Waals surface area (Å²) in [6.45, 7) is 0.504. The van der Waals surface area contributed by atoms with Crippen molar-refractivity contribution in [3.8, 4) is 5.75 Å². The molecule has 2 aromatic rings. The second-order valence-corrected chi connectivity index (χ2v) is 7.60. The number of para-hydroxylation sites is 1. The molecule has 24 heavy (non-hydrogen) atoms. The molecule has 0 amide bonds. The molecule has 1 N–H and O–H groups in total. The lowest BCUT2D eigenvalue weighted by Crippen LogP contribution is -2.20. The summed E-state index contributed by atoms with van der Waals surface area (Å²) in [4.78, 5) is 10.7. The van der Waals surface area contributed by atoms with Crippen molar-refractivity contribution in [2.75, 3.05) is 18.2 Å². The molecule has 1 unspecified atom stereocenters. The molecule has 126 valence electrons. The standard InChI is InChI=1S/C16H16N2O5S/c1-24(21,22)11-6-7-14(15(10-11)18(19)20)17-13-8-9-23-16-5-3-2-4-12(13)16/h2-7,10,13,17H,8-9H2,1H3. The van der Waals surface area contributed by atoms with E-state index in [1.807, 2.05) is 24.3 Å². The highest BCUT2D eigenvalue weighted by Crippen LogP contribution is 2.37. The van der Waals surface area contributed by atoms with Gasteiger partial charge in [0.25, 0.3) is 5.69 Å². The van der Waals surface area contributed by atoms with E-state index in [9.17, 15) is 18.5 Å². The molecule has 0 aromatic heterocycles. The number of rotatable bonds is 4. The molecule has 8 heteroatoms. The number of fused-ring (bicyclic) bond motifs is 1. The van der Waals surface area contributed by atoms with Crippen LogP contribution in [0.2, 0.25) is 0 Å². The number of sulfone groups is 1. The maximum absolute atomic E-state index is 11.6. The molecule has 0 bridgehead atoms. The van der Waals surface area contributed by atoms with Crippen LogP contribution in [-0.4, -0.2) is 26.2 Å². The van der Waals surface area contributed by atoms with Gasteiger partial charge in [-0.1, -0.05) is 18.2 Å². The highest BCUT2D eigenvalue weighted by atomic mass is 32.2. The molecule has 0 aliphatic carbocycles. The third kappa shape index (κ3) is 3.18. The SMILES string of the molecule is CS(=O)(=O)c1ccc(NC2CCOc3ccccc32)c([N+](=O)[O-])c1. The fourth-order valence-corrected chi connectivity index (χ4v) is 3.34. The number of benzene rings is 2. The number of nitrogens with zero attached hydrogens (tertiary/aromatic N) is 1. The van der Waals surface area contributed by atoms with Gasteiger partial charge in [-0.2, -0.15) is 0 Å². The predicted octanol–water partition coefficient (Wildman–Crippen LogP) is 2.93. The lowest BCUT2D eigenvalue weighted by molar-refractivity contribution is -0.384. The van der Waals surface area contributed by atoms with E-state index < -0.39 is 14.8 Å². The highest BCUT2D eigenvalue weighted by molar-refractivity contribution is 7.90. The molecule has 1 atom stereocenters. The lowest BCUT2D eigenvalue weighted by atomic mass is 10.00. The molecule has 0 fully saturated rings. The van der Waals surface area contributed by atoms with Crippen LogP contribution in [0.15, 0.2) is 47.4 Å². The van der Waals surface area contributed by atoms with Crippen molar-refractivity contribution in [3.63, 3.8) is 0 Å². The lowest BCUT2D eigenvalue weighted by Gasteiger charge is -2.27. The van der Waals surface area contributed by atoms with Crippen molar-refractivity contribution >= 4 is 21.2 Å². The van der Waals surface area contributed by atoms with Gasteiger partial charge in [0.15, 0.2) is 9.84 Å². The molecule has 1 aliphatic heterocycles. The molecule has 0 saturated carbocycles. The quantitative estimate of drug-likeness (QED) is 0.674. The van der Waals surface area contributed by atoms with Crippen molar-refractivity contribution in [2.24, 2.45) is 0 Å². The molecule has 2 aromatic carbocycles. The van der Waals surface area contributed by atoms with Crippen LogP contribution in [0.4, 0.5) is 11.4 Å². The van der Waals surface area contributed by atoms with Crippen LogP contribution in [-0.2, 0) is 9.84 Å². The van der Waals surface area contributed by atoms with Gasteiger partial charge in [-0.3, -0.25) is 10.1 Å². The summed E-state index contributed by atoms with van der Waals surface area (Å²) in [5, 5.41) is 14.5. The van der Waals surface area contributed by atoms with Gasteiger partial charge in [0.1, 0.15) is 11.4 Å². The minimum atomic E-state index is -3.51. The van der Waals surface area contributed by atoms with Crippen LogP contribution in [0.1, 0.15) is 18.0 Å². The van der Waals surface area contributed by atoms with E-state index in [4.69, 9.17) is 4.74 Å². The number of hydrogen-bond donors (Lipinski definition) is 1. The molecular weight excluding hydrogens is 332 g/mol. The van der Waals surface area contributed by atoms with E-state index >= 15 is 0 Å². The van der Waals surface area contributed by atoms with E-state index in [0.29, 0.717) is 13.0 Å². The minimum Gasteiger partial charge on any atom is -0.493 e. The van der Waals surface area contributed by atoms with Crippen molar-refractivity contribution in [1.82, 2.24) is 0 Å². The third-order valence-corrected chi connectivity index (χ3v) is 4.99. The Hall–Kier alpha value is -2.61. The second-order valence-electron chi connectivity index (χ2n) is 5.58. The van der Waals surface area contributed by atoms with E-state index in [1.54, 1.807) is 0 Å². The Bertz CT molecular complexity index is 895. The number of ether oxygens (including phenoxy) is 1. The number of nitro groups is 1. The third-order valence-electron chi connectivity index (χ3n) is 3.88. The van der Waals surface area contributed by atoms with E-state index in [0.717, 1.165) is 23.6 Å². The first kappa shape index (κ1) is 16.3. The second kappa shape index (κ2) is 6.12. The first-order chi connectivity index (χ1) is 11.4. The summed E-state index contributed by atoms with van der Waals surface area (Å²) in [7, 11) is -3.51. The average molecular weight is 348 g/mol. The predicted molar refractivity (Wildman–Crippen MR) is 89.1 cm³/mol. The monoisotopic (exact) mass is 348 g/mol. The van der Waals surface area contributed by atoms with Gasteiger partial charge in [-0.05, 0) is 18.2 Å². The van der Waals surface area contributed by atoms with Crippen LogP contribution in [0, 0.1) is 10.1 Å². The zero-order chi connectivity index (χ0) is 17.3. The van der Waals surface area contributed by atoms with Gasteiger partial charge in [0.05, 0.1) is 22.5 Å². The maximum Gasteiger partial charge on any atom is 0.293 e. The Morgan fingerprint density at radius 3 is 2.71 bits per heavy atom. The van der Waals surface area contributed by atoms with Crippen molar-refractivity contribution in [2.45, 2.75) is 17.4 Å². The summed E-state index contributed by atoms with van der Waals surface area (Å²) < 4.78 is 28.8. The molecule has 7 nitrogen and oxygen atoms in total. The smallest absolute Gasteiger partial charge is 0.293 e. The fourth-order valence-electron chi connectivity index (χ4n) is 2.69. The number of hydrogen-bond acceptors (Lipinski definition) is 6. The largest absolute Gasteiger partial charge is 0.493 e. The van der Waals surface area contributed by atoms with E-state index in [2.05, 4.69) is 5.32 Å². The Kier molecular flexibility index (Phi) is 4.15.